The number of nitrogens with zero attached hydrogens (tertiary/aromatic N) is 8. The maximum absolute atomic E-state index is 4.80. The first-order valence-electron chi connectivity index (χ1n) is 9.51. The third-order valence-corrected chi connectivity index (χ3v) is 5.08. The molecule has 5 heterocycles. The van der Waals surface area contributed by atoms with Crippen LogP contribution in [0, 0.1) is 6.92 Å². The Morgan fingerprint density at radius 3 is 2.64 bits per heavy atom. The quantitative estimate of drug-likeness (QED) is 0.546. The van der Waals surface area contributed by atoms with Gasteiger partial charge >= 0.3 is 0 Å². The summed E-state index contributed by atoms with van der Waals surface area (Å²) in [4.78, 5) is 24.7. The molecule has 4 aromatic heterocycles. The Kier molecular flexibility index (Phi) is 4.16. The molecule has 0 saturated carbocycles. The van der Waals surface area contributed by atoms with Crippen LogP contribution in [0.25, 0.3) is 28.4 Å². The number of hydrogen-bond acceptors (Lipinski definition) is 7. The molecule has 1 aliphatic heterocycles. The number of anilines is 1. The minimum Gasteiger partial charge on any atom is -0.341 e. The Morgan fingerprint density at radius 2 is 1.82 bits per heavy atom. The molecule has 0 aliphatic carbocycles. The molecular weight excluding hydrogens is 352 g/mol. The molecule has 1 fully saturated rings. The van der Waals surface area contributed by atoms with Gasteiger partial charge in [-0.05, 0) is 44.4 Å². The molecule has 0 amide bonds. The second kappa shape index (κ2) is 6.95. The average Bonchev–Trinajstić information content (AvgIpc) is 3.21. The van der Waals surface area contributed by atoms with Crippen molar-refractivity contribution >= 4 is 11.7 Å². The summed E-state index contributed by atoms with van der Waals surface area (Å²) in [6.07, 6.45) is 10.8. The van der Waals surface area contributed by atoms with E-state index in [1.807, 2.05) is 37.5 Å². The minimum absolute atomic E-state index is 0.561. The summed E-state index contributed by atoms with van der Waals surface area (Å²) in [5.41, 5.74) is 3.58. The Bertz CT molecular complexity index is 1120. The van der Waals surface area contributed by atoms with E-state index >= 15 is 0 Å². The van der Waals surface area contributed by atoms with Crippen LogP contribution in [0.5, 0.6) is 0 Å². The van der Waals surface area contributed by atoms with E-state index < -0.39 is 0 Å². The van der Waals surface area contributed by atoms with Crippen LogP contribution in [0.1, 0.15) is 25.0 Å². The van der Waals surface area contributed by atoms with Crippen molar-refractivity contribution in [2.24, 2.45) is 0 Å². The molecule has 0 atom stereocenters. The van der Waals surface area contributed by atoms with Crippen LogP contribution in [0.15, 0.2) is 43.0 Å². The molecule has 0 radical (unpaired) electrons. The predicted molar refractivity (Wildman–Crippen MR) is 106 cm³/mol. The van der Waals surface area contributed by atoms with Crippen molar-refractivity contribution < 1.29 is 0 Å². The van der Waals surface area contributed by atoms with Crippen molar-refractivity contribution in [1.82, 2.24) is 34.5 Å². The molecule has 0 spiro atoms. The van der Waals surface area contributed by atoms with Crippen LogP contribution in [0.4, 0.5) is 5.95 Å². The highest BCUT2D eigenvalue weighted by Gasteiger charge is 2.17. The maximum Gasteiger partial charge on any atom is 0.252 e. The molecule has 0 unspecified atom stereocenters. The van der Waals surface area contributed by atoms with Gasteiger partial charge in [-0.3, -0.25) is 4.98 Å². The number of aromatic nitrogens is 7. The number of rotatable bonds is 3. The third-order valence-electron chi connectivity index (χ3n) is 5.08. The number of fused-ring (bicyclic) bond motifs is 1. The van der Waals surface area contributed by atoms with Crippen LogP contribution in [-0.4, -0.2) is 47.6 Å². The van der Waals surface area contributed by atoms with E-state index in [1.165, 1.54) is 19.3 Å². The average molecular weight is 372 g/mol. The Hall–Kier alpha value is -3.42. The van der Waals surface area contributed by atoms with E-state index in [2.05, 4.69) is 29.9 Å². The van der Waals surface area contributed by atoms with Crippen molar-refractivity contribution in [3.63, 3.8) is 0 Å². The van der Waals surface area contributed by atoms with E-state index in [9.17, 15) is 0 Å². The maximum atomic E-state index is 4.80. The summed E-state index contributed by atoms with van der Waals surface area (Å²) in [6.45, 7) is 4.03. The van der Waals surface area contributed by atoms with Gasteiger partial charge in [-0.25, -0.2) is 19.5 Å². The van der Waals surface area contributed by atoms with Crippen LogP contribution in [-0.2, 0) is 0 Å². The van der Waals surface area contributed by atoms with Gasteiger partial charge in [-0.2, -0.15) is 4.98 Å². The Labute approximate surface area is 162 Å². The molecule has 8 heteroatoms. The van der Waals surface area contributed by atoms with Crippen molar-refractivity contribution in [2.75, 3.05) is 18.0 Å². The summed E-state index contributed by atoms with van der Waals surface area (Å²) in [6, 6.07) is 5.73. The SMILES string of the molecule is Cc1c(-c2ccnc(N3CCCCC3)n2)cnc2nc(-c3cccnc3)nn12. The van der Waals surface area contributed by atoms with Crippen LogP contribution < -0.4 is 4.90 Å². The Balaban J connectivity index is 1.55. The summed E-state index contributed by atoms with van der Waals surface area (Å²) in [5, 5.41) is 4.63. The van der Waals surface area contributed by atoms with Gasteiger partial charge in [0.2, 0.25) is 5.95 Å². The fourth-order valence-corrected chi connectivity index (χ4v) is 3.56. The molecule has 0 N–H and O–H groups in total. The lowest BCUT2D eigenvalue weighted by Crippen LogP contribution is -2.31. The van der Waals surface area contributed by atoms with Gasteiger partial charge in [0.25, 0.3) is 5.78 Å². The second-order valence-corrected chi connectivity index (χ2v) is 6.94. The molecular formula is C20H20N8. The number of piperidine rings is 1. The van der Waals surface area contributed by atoms with Crippen molar-refractivity contribution in [3.8, 4) is 22.6 Å². The zero-order valence-corrected chi connectivity index (χ0v) is 15.7. The first-order valence-corrected chi connectivity index (χ1v) is 9.51. The molecule has 1 aliphatic rings. The predicted octanol–water partition coefficient (Wildman–Crippen LogP) is 2.94. The van der Waals surface area contributed by atoms with E-state index in [0.717, 1.165) is 41.6 Å². The highest BCUT2D eigenvalue weighted by Crippen LogP contribution is 2.24. The molecule has 4 aromatic rings. The minimum atomic E-state index is 0.561. The molecule has 28 heavy (non-hydrogen) atoms. The number of pyridine rings is 1. The largest absolute Gasteiger partial charge is 0.341 e. The number of hydrogen-bond donors (Lipinski definition) is 0. The first-order chi connectivity index (χ1) is 13.8. The zero-order chi connectivity index (χ0) is 18.9. The fraction of sp³-hybridized carbons (Fsp3) is 0.300. The summed E-state index contributed by atoms with van der Waals surface area (Å²) < 4.78 is 1.76. The third kappa shape index (κ3) is 2.96. The van der Waals surface area contributed by atoms with Gasteiger partial charge in [0.1, 0.15) is 0 Å². The second-order valence-electron chi connectivity index (χ2n) is 6.94. The lowest BCUT2D eigenvalue weighted by Gasteiger charge is -2.26. The van der Waals surface area contributed by atoms with Gasteiger partial charge in [0, 0.05) is 49.0 Å². The molecule has 1 saturated heterocycles. The van der Waals surface area contributed by atoms with E-state index in [0.29, 0.717) is 11.6 Å². The van der Waals surface area contributed by atoms with E-state index in [-0.39, 0.29) is 0 Å². The highest BCUT2D eigenvalue weighted by atomic mass is 15.3. The topological polar surface area (TPSA) is 85.0 Å². The molecule has 140 valence electrons. The van der Waals surface area contributed by atoms with Crippen molar-refractivity contribution in [1.29, 1.82) is 0 Å². The highest BCUT2D eigenvalue weighted by molar-refractivity contribution is 5.64. The van der Waals surface area contributed by atoms with Crippen molar-refractivity contribution in [2.45, 2.75) is 26.2 Å². The molecule has 8 nitrogen and oxygen atoms in total. The molecule has 5 rings (SSSR count). The van der Waals surface area contributed by atoms with Crippen LogP contribution in [0.2, 0.25) is 0 Å². The normalized spacial score (nSPS) is 14.5. The van der Waals surface area contributed by atoms with E-state index in [1.54, 1.807) is 16.9 Å². The summed E-state index contributed by atoms with van der Waals surface area (Å²) in [5.74, 6) is 1.95. The van der Waals surface area contributed by atoms with Crippen LogP contribution >= 0.6 is 0 Å². The summed E-state index contributed by atoms with van der Waals surface area (Å²) in [7, 11) is 0. The first kappa shape index (κ1) is 16.7. The molecule has 0 bridgehead atoms. The zero-order valence-electron chi connectivity index (χ0n) is 15.7. The molecule has 0 aromatic carbocycles. The summed E-state index contributed by atoms with van der Waals surface area (Å²) >= 11 is 0. The van der Waals surface area contributed by atoms with Gasteiger partial charge in [0.05, 0.1) is 11.4 Å². The van der Waals surface area contributed by atoms with Crippen molar-refractivity contribution in [3.05, 3.63) is 48.7 Å². The van der Waals surface area contributed by atoms with Gasteiger partial charge in [-0.1, -0.05) is 0 Å². The lowest BCUT2D eigenvalue weighted by atomic mass is 10.1. The Morgan fingerprint density at radius 1 is 0.929 bits per heavy atom. The van der Waals surface area contributed by atoms with Crippen LogP contribution in [0.3, 0.4) is 0 Å². The fourth-order valence-electron chi connectivity index (χ4n) is 3.56. The lowest BCUT2D eigenvalue weighted by molar-refractivity contribution is 0.568. The van der Waals surface area contributed by atoms with Gasteiger partial charge in [-0.15, -0.1) is 5.10 Å². The van der Waals surface area contributed by atoms with E-state index in [4.69, 9.17) is 4.98 Å². The van der Waals surface area contributed by atoms with Gasteiger partial charge in [0.15, 0.2) is 5.82 Å². The standard InChI is InChI=1S/C20H20N8/c1-14-16(17-7-9-22-19(24-17)27-10-3-2-4-11-27)13-23-20-25-18(26-28(14)20)15-6-5-8-21-12-15/h5-9,12-13H,2-4,10-11H2,1H3. The number of aryl methyl sites for hydroxylation is 1. The smallest absolute Gasteiger partial charge is 0.252 e. The monoisotopic (exact) mass is 372 g/mol. The van der Waals surface area contributed by atoms with Gasteiger partial charge < -0.3 is 4.90 Å².